The van der Waals surface area contributed by atoms with E-state index in [1.807, 2.05) is 0 Å². The maximum absolute atomic E-state index is 13.3. The van der Waals surface area contributed by atoms with E-state index in [1.165, 1.54) is 12.1 Å². The minimum absolute atomic E-state index is 0.0650. The highest BCUT2D eigenvalue weighted by Crippen LogP contribution is 2.24. The predicted molar refractivity (Wildman–Crippen MR) is 113 cm³/mol. The third-order valence-electron chi connectivity index (χ3n) is 3.86. The monoisotopic (exact) mass is 462 g/mol. The SMILES string of the molecule is CS(=O)(=O)N(CCCC(=O)NCCOc1ccc(Cl)cc1)c1ccc(F)c(Cl)c1. The van der Waals surface area contributed by atoms with Crippen molar-refractivity contribution in [1.29, 1.82) is 0 Å². The summed E-state index contributed by atoms with van der Waals surface area (Å²) in [4.78, 5) is 11.9. The lowest BCUT2D eigenvalue weighted by atomic mass is 10.2. The molecule has 10 heteroatoms. The van der Waals surface area contributed by atoms with E-state index in [0.29, 0.717) is 17.3 Å². The molecule has 1 amide bonds. The molecule has 0 fully saturated rings. The molecule has 0 saturated carbocycles. The third-order valence-corrected chi connectivity index (χ3v) is 5.60. The summed E-state index contributed by atoms with van der Waals surface area (Å²) in [7, 11) is -3.61. The van der Waals surface area contributed by atoms with Crippen LogP contribution in [0.2, 0.25) is 10.0 Å². The quantitative estimate of drug-likeness (QED) is 0.543. The van der Waals surface area contributed by atoms with Gasteiger partial charge in [-0.1, -0.05) is 23.2 Å². The highest BCUT2D eigenvalue weighted by molar-refractivity contribution is 7.92. The van der Waals surface area contributed by atoms with E-state index in [0.717, 1.165) is 16.6 Å². The highest BCUT2D eigenvalue weighted by atomic mass is 35.5. The number of carbonyl (C=O) groups is 1. The molecule has 0 radical (unpaired) electrons. The van der Waals surface area contributed by atoms with Crippen molar-refractivity contribution >= 4 is 44.8 Å². The second-order valence-electron chi connectivity index (χ2n) is 6.19. The average Bonchev–Trinajstić information content (AvgIpc) is 2.65. The van der Waals surface area contributed by atoms with Crippen LogP contribution in [0.1, 0.15) is 12.8 Å². The van der Waals surface area contributed by atoms with Crippen LogP contribution >= 0.6 is 23.2 Å². The van der Waals surface area contributed by atoms with E-state index in [9.17, 15) is 17.6 Å². The standard InChI is InChI=1S/C19H21Cl2FN2O4S/c1-29(26,27)24(15-6-9-18(22)17(21)13-15)11-2-3-19(25)23-10-12-28-16-7-4-14(20)5-8-16/h4-9,13H,2-3,10-12H2,1H3,(H,23,25). The molecule has 1 N–H and O–H groups in total. The lowest BCUT2D eigenvalue weighted by Crippen LogP contribution is -2.33. The second kappa shape index (κ2) is 10.7. The number of anilines is 1. The number of halogens is 3. The smallest absolute Gasteiger partial charge is 0.232 e. The molecule has 0 unspecified atom stereocenters. The van der Waals surface area contributed by atoms with Crippen LogP contribution in [-0.4, -0.2) is 40.3 Å². The highest BCUT2D eigenvalue weighted by Gasteiger charge is 2.18. The molecule has 0 atom stereocenters. The Labute approximate surface area is 179 Å². The number of benzene rings is 2. The van der Waals surface area contributed by atoms with Gasteiger partial charge in [-0.25, -0.2) is 12.8 Å². The van der Waals surface area contributed by atoms with Crippen LogP contribution in [0.25, 0.3) is 0 Å². The molecule has 0 aliphatic carbocycles. The van der Waals surface area contributed by atoms with Gasteiger partial charge in [0.15, 0.2) is 0 Å². The Bertz CT molecular complexity index is 940. The van der Waals surface area contributed by atoms with Crippen LogP contribution in [0, 0.1) is 5.82 Å². The molecule has 2 aromatic rings. The number of hydrogen-bond donors (Lipinski definition) is 1. The van der Waals surface area contributed by atoms with E-state index in [-0.39, 0.29) is 42.6 Å². The fraction of sp³-hybridized carbons (Fsp3) is 0.316. The summed E-state index contributed by atoms with van der Waals surface area (Å²) < 4.78 is 44.0. The van der Waals surface area contributed by atoms with Crippen molar-refractivity contribution < 1.29 is 22.3 Å². The molecule has 0 spiro atoms. The normalized spacial score (nSPS) is 11.2. The van der Waals surface area contributed by atoms with E-state index < -0.39 is 15.8 Å². The van der Waals surface area contributed by atoms with E-state index in [2.05, 4.69) is 5.32 Å². The van der Waals surface area contributed by atoms with Gasteiger partial charge in [0.1, 0.15) is 18.2 Å². The number of rotatable bonds is 10. The minimum Gasteiger partial charge on any atom is -0.492 e. The molecule has 6 nitrogen and oxygen atoms in total. The number of amides is 1. The number of nitrogens with one attached hydrogen (secondary N) is 1. The number of carbonyl (C=O) groups excluding carboxylic acids is 1. The zero-order valence-corrected chi connectivity index (χ0v) is 18.0. The van der Waals surface area contributed by atoms with Gasteiger partial charge >= 0.3 is 0 Å². The van der Waals surface area contributed by atoms with Crippen molar-refractivity contribution in [2.45, 2.75) is 12.8 Å². The summed E-state index contributed by atoms with van der Waals surface area (Å²) in [5.41, 5.74) is 0.246. The molecular formula is C19H21Cl2FN2O4S. The van der Waals surface area contributed by atoms with Crippen LogP contribution < -0.4 is 14.4 Å². The maximum atomic E-state index is 13.3. The van der Waals surface area contributed by atoms with Crippen molar-refractivity contribution in [3.05, 3.63) is 58.3 Å². The number of ether oxygens (including phenoxy) is 1. The summed E-state index contributed by atoms with van der Waals surface area (Å²) >= 11 is 11.5. The lowest BCUT2D eigenvalue weighted by molar-refractivity contribution is -0.121. The Kier molecular flexibility index (Phi) is 8.55. The predicted octanol–water partition coefficient (Wildman–Crippen LogP) is 3.87. The van der Waals surface area contributed by atoms with Gasteiger partial charge in [0.05, 0.1) is 23.5 Å². The number of nitrogens with zero attached hydrogens (tertiary/aromatic N) is 1. The summed E-state index contributed by atoms with van der Waals surface area (Å²) in [6.07, 6.45) is 1.45. The van der Waals surface area contributed by atoms with Gasteiger partial charge in [-0.05, 0) is 48.9 Å². The first kappa shape index (κ1) is 23.3. The van der Waals surface area contributed by atoms with Crippen molar-refractivity contribution in [1.82, 2.24) is 5.32 Å². The molecule has 0 aromatic heterocycles. The molecule has 2 rings (SSSR count). The first-order valence-corrected chi connectivity index (χ1v) is 11.3. The molecule has 2 aromatic carbocycles. The van der Waals surface area contributed by atoms with Gasteiger partial charge < -0.3 is 10.1 Å². The molecule has 29 heavy (non-hydrogen) atoms. The molecule has 0 bridgehead atoms. The Hall–Kier alpha value is -2.03. The van der Waals surface area contributed by atoms with E-state index in [1.54, 1.807) is 24.3 Å². The Morgan fingerprint density at radius 3 is 2.48 bits per heavy atom. The number of hydrogen-bond acceptors (Lipinski definition) is 4. The first-order valence-electron chi connectivity index (χ1n) is 8.74. The molecule has 0 aliphatic heterocycles. The Morgan fingerprint density at radius 1 is 1.17 bits per heavy atom. The Balaban J connectivity index is 1.77. The van der Waals surface area contributed by atoms with E-state index >= 15 is 0 Å². The Morgan fingerprint density at radius 2 is 1.86 bits per heavy atom. The first-order chi connectivity index (χ1) is 13.7. The van der Waals surface area contributed by atoms with Gasteiger partial charge in [-0.15, -0.1) is 0 Å². The van der Waals surface area contributed by atoms with Crippen LogP contribution in [0.15, 0.2) is 42.5 Å². The summed E-state index contributed by atoms with van der Waals surface area (Å²) in [6, 6.07) is 10.5. The average molecular weight is 463 g/mol. The largest absolute Gasteiger partial charge is 0.492 e. The van der Waals surface area contributed by atoms with Crippen molar-refractivity contribution in [3.63, 3.8) is 0 Å². The molecule has 0 heterocycles. The lowest BCUT2D eigenvalue weighted by Gasteiger charge is -2.22. The van der Waals surface area contributed by atoms with Crippen molar-refractivity contribution in [2.24, 2.45) is 0 Å². The fourth-order valence-electron chi connectivity index (χ4n) is 2.49. The van der Waals surface area contributed by atoms with Crippen LogP contribution in [-0.2, 0) is 14.8 Å². The molecule has 158 valence electrons. The van der Waals surface area contributed by atoms with Gasteiger partial charge in [-0.3, -0.25) is 9.10 Å². The second-order valence-corrected chi connectivity index (χ2v) is 8.94. The van der Waals surface area contributed by atoms with Crippen LogP contribution in [0.5, 0.6) is 5.75 Å². The number of sulfonamides is 1. The zero-order valence-electron chi connectivity index (χ0n) is 15.7. The molecule has 0 aliphatic rings. The van der Waals surface area contributed by atoms with Crippen LogP contribution in [0.4, 0.5) is 10.1 Å². The van der Waals surface area contributed by atoms with Crippen molar-refractivity contribution in [2.75, 3.05) is 30.3 Å². The topological polar surface area (TPSA) is 75.7 Å². The van der Waals surface area contributed by atoms with Gasteiger partial charge in [0.25, 0.3) is 0 Å². The summed E-state index contributed by atoms with van der Waals surface area (Å²) in [6.45, 7) is 0.664. The maximum Gasteiger partial charge on any atom is 0.232 e. The fourth-order valence-corrected chi connectivity index (χ4v) is 3.75. The van der Waals surface area contributed by atoms with Crippen LogP contribution in [0.3, 0.4) is 0 Å². The van der Waals surface area contributed by atoms with E-state index in [4.69, 9.17) is 27.9 Å². The van der Waals surface area contributed by atoms with Gasteiger partial charge in [0.2, 0.25) is 15.9 Å². The molecular weight excluding hydrogens is 442 g/mol. The third kappa shape index (κ3) is 7.72. The van der Waals surface area contributed by atoms with Crippen molar-refractivity contribution in [3.8, 4) is 5.75 Å². The zero-order chi connectivity index (χ0) is 21.4. The summed E-state index contributed by atoms with van der Waals surface area (Å²) in [5, 5.41) is 3.14. The molecule has 0 saturated heterocycles. The minimum atomic E-state index is -3.61. The summed E-state index contributed by atoms with van der Waals surface area (Å²) in [5.74, 6) is -0.218. The van der Waals surface area contributed by atoms with Gasteiger partial charge in [0, 0.05) is 18.0 Å². The van der Waals surface area contributed by atoms with Gasteiger partial charge in [-0.2, -0.15) is 0 Å².